The normalized spacial score (nSPS) is 17.0. The van der Waals surface area contributed by atoms with Gasteiger partial charge in [0.2, 0.25) is 5.91 Å². The van der Waals surface area contributed by atoms with Crippen LogP contribution in [-0.4, -0.2) is 70.0 Å². The lowest BCUT2D eigenvalue weighted by molar-refractivity contribution is -0.153. The van der Waals surface area contributed by atoms with E-state index in [0.717, 1.165) is 47.6 Å². The number of carbonyl (C=O) groups is 3. The van der Waals surface area contributed by atoms with Crippen molar-refractivity contribution in [1.29, 1.82) is 0 Å². The van der Waals surface area contributed by atoms with Gasteiger partial charge in [0.05, 0.1) is 28.9 Å². The van der Waals surface area contributed by atoms with E-state index in [1.165, 1.54) is 40.2 Å². The van der Waals surface area contributed by atoms with E-state index in [9.17, 15) is 19.5 Å². The lowest BCUT2D eigenvalue weighted by Crippen LogP contribution is -2.59. The Morgan fingerprint density at radius 3 is 2.24 bits per heavy atom. The molecule has 0 spiro atoms. The number of unbranched alkanes of at least 4 members (excludes halogenated alkanes) is 1. The molecule has 2 saturated heterocycles. The molecule has 0 aliphatic carbocycles. The Kier molecular flexibility index (Phi) is 10.7. The lowest BCUT2D eigenvalue weighted by atomic mass is 9.95. The van der Waals surface area contributed by atoms with Crippen molar-refractivity contribution in [3.63, 3.8) is 0 Å². The number of thiophene rings is 1. The number of hydrogen-bond donors (Lipinski definition) is 2. The fraction of sp³-hybridized carbons (Fsp3) is 0.425. The third-order valence-corrected chi connectivity index (χ3v) is 11.3. The molecule has 6 rings (SSSR count). The Bertz CT molecular complexity index is 1790. The summed E-state index contributed by atoms with van der Waals surface area (Å²) in [6, 6.07) is 19.8. The number of anilines is 1. The summed E-state index contributed by atoms with van der Waals surface area (Å²) in [5.41, 5.74) is 5.45. The molecule has 0 saturated carbocycles. The van der Waals surface area contributed by atoms with Gasteiger partial charge in [-0.05, 0) is 53.5 Å². The second kappa shape index (κ2) is 15.1. The fourth-order valence-corrected chi connectivity index (χ4v) is 7.56. The monoisotopic (exact) mass is 693 g/mol. The van der Waals surface area contributed by atoms with Crippen molar-refractivity contribution in [3.8, 4) is 11.4 Å². The first-order chi connectivity index (χ1) is 24.0. The number of carboxylic acids is 1. The second-order valence-corrected chi connectivity index (χ2v) is 15.7. The molecule has 2 aromatic carbocycles. The molecule has 4 aromatic rings. The maximum atomic E-state index is 13.5. The van der Waals surface area contributed by atoms with Gasteiger partial charge in [-0.25, -0.2) is 9.97 Å². The van der Waals surface area contributed by atoms with Crippen LogP contribution >= 0.6 is 11.3 Å². The largest absolute Gasteiger partial charge is 0.481 e. The van der Waals surface area contributed by atoms with Gasteiger partial charge in [-0.15, -0.1) is 11.3 Å². The molecule has 0 bridgehead atoms. The Balaban J connectivity index is 1.09. The van der Waals surface area contributed by atoms with Crippen molar-refractivity contribution in [3.05, 3.63) is 99.5 Å². The third-order valence-electron chi connectivity index (χ3n) is 9.83. The average molecular weight is 694 g/mol. The molecule has 50 heavy (non-hydrogen) atoms. The number of carboxylic acid groups (broad SMARTS) is 1. The third kappa shape index (κ3) is 8.24. The number of amides is 2. The van der Waals surface area contributed by atoms with Crippen LogP contribution in [0.25, 0.3) is 11.4 Å². The van der Waals surface area contributed by atoms with Crippen LogP contribution in [0.1, 0.15) is 84.1 Å². The molecule has 0 radical (unpaired) electrons. The van der Waals surface area contributed by atoms with Crippen molar-refractivity contribution in [2.24, 2.45) is 5.92 Å². The highest BCUT2D eigenvalue weighted by atomic mass is 32.1. The van der Waals surface area contributed by atoms with Crippen LogP contribution in [-0.2, 0) is 27.8 Å². The predicted molar refractivity (Wildman–Crippen MR) is 198 cm³/mol. The van der Waals surface area contributed by atoms with Crippen LogP contribution in [0, 0.1) is 5.92 Å². The summed E-state index contributed by atoms with van der Waals surface area (Å²) in [5.74, 6) is -0.969. The van der Waals surface area contributed by atoms with Gasteiger partial charge < -0.3 is 20.2 Å². The van der Waals surface area contributed by atoms with Gasteiger partial charge in [-0.2, -0.15) is 0 Å². The summed E-state index contributed by atoms with van der Waals surface area (Å²) in [6.07, 6.45) is 8.74. The van der Waals surface area contributed by atoms with Crippen LogP contribution < -0.4 is 10.2 Å². The quantitative estimate of drug-likeness (QED) is 0.169. The van der Waals surface area contributed by atoms with Gasteiger partial charge in [0, 0.05) is 49.0 Å². The van der Waals surface area contributed by atoms with Crippen molar-refractivity contribution in [2.45, 2.75) is 77.2 Å². The van der Waals surface area contributed by atoms with Gasteiger partial charge in [-0.3, -0.25) is 14.4 Å². The molecule has 2 N–H and O–H groups in total. The van der Waals surface area contributed by atoms with E-state index in [0.29, 0.717) is 16.6 Å². The topological polar surface area (TPSA) is 116 Å². The number of hydrogen-bond acceptors (Lipinski definition) is 7. The second-order valence-electron chi connectivity index (χ2n) is 14.7. The predicted octanol–water partition coefficient (Wildman–Crippen LogP) is 6.72. The summed E-state index contributed by atoms with van der Waals surface area (Å²) in [6.45, 7) is 10.7. The molecule has 4 heterocycles. The van der Waals surface area contributed by atoms with Crippen LogP contribution in [0.5, 0.6) is 0 Å². The average Bonchev–Trinajstić information content (AvgIpc) is 3.79. The van der Waals surface area contributed by atoms with Crippen molar-refractivity contribution in [1.82, 2.24) is 20.2 Å². The maximum absolute atomic E-state index is 13.5. The van der Waals surface area contributed by atoms with Gasteiger partial charge in [0.25, 0.3) is 5.91 Å². The molecule has 9 nitrogen and oxygen atoms in total. The number of likely N-dealkylation sites (tertiary alicyclic amines) is 1. The number of aliphatic carboxylic acids is 1. The number of aryl methyl sites for hydroxylation is 1. The van der Waals surface area contributed by atoms with E-state index < -0.39 is 17.9 Å². The van der Waals surface area contributed by atoms with E-state index in [2.05, 4.69) is 72.1 Å². The Morgan fingerprint density at radius 1 is 0.940 bits per heavy atom. The summed E-state index contributed by atoms with van der Waals surface area (Å²) in [5, 5.41) is 12.3. The minimum Gasteiger partial charge on any atom is -0.481 e. The summed E-state index contributed by atoms with van der Waals surface area (Å²) in [7, 11) is 0. The van der Waals surface area contributed by atoms with Crippen LogP contribution in [0.2, 0.25) is 0 Å². The van der Waals surface area contributed by atoms with Gasteiger partial charge in [0.15, 0.2) is 5.82 Å². The standard InChI is InChI=1S/C40H47N5O4S/c1-5-6-7-26-8-12-28(13-9-26)30-18-19-44(23-30)32-21-41-36(42-22-32)29-14-10-27(11-15-29)20-33(38(47)45-24-31(25-45)39(48)49)43-37(46)34-16-17-35(50-34)40(2,3)4/h8-17,21-22,30-31,33H,5-7,18-20,23-25H2,1-4H3,(H,43,46)(H,48,49)/t30?,33-/m0/s1. The van der Waals surface area contributed by atoms with Gasteiger partial charge in [-0.1, -0.05) is 82.6 Å². The zero-order valence-electron chi connectivity index (χ0n) is 29.4. The minimum atomic E-state index is -0.915. The Labute approximate surface area is 298 Å². The van der Waals surface area contributed by atoms with E-state index in [1.54, 1.807) is 6.07 Å². The fourth-order valence-electron chi connectivity index (χ4n) is 6.59. The first-order valence-corrected chi connectivity index (χ1v) is 18.5. The molecule has 2 fully saturated rings. The molecule has 2 aliphatic rings. The maximum Gasteiger partial charge on any atom is 0.310 e. The van der Waals surface area contributed by atoms with Crippen LogP contribution in [0.4, 0.5) is 5.69 Å². The van der Waals surface area contributed by atoms with Gasteiger partial charge in [0.1, 0.15) is 6.04 Å². The minimum absolute atomic E-state index is 0.0916. The molecule has 2 aromatic heterocycles. The van der Waals surface area contributed by atoms with E-state index in [-0.39, 0.29) is 36.7 Å². The zero-order valence-corrected chi connectivity index (χ0v) is 30.2. The van der Waals surface area contributed by atoms with Crippen molar-refractivity contribution < 1.29 is 19.5 Å². The zero-order chi connectivity index (χ0) is 35.4. The number of nitrogens with zero attached hydrogens (tertiary/aromatic N) is 4. The number of benzene rings is 2. The van der Waals surface area contributed by atoms with Gasteiger partial charge >= 0.3 is 5.97 Å². The molecule has 10 heteroatoms. The SMILES string of the molecule is CCCCc1ccc(C2CCN(c3cnc(-c4ccc(C[C@H](NC(=O)c5ccc(C(C)(C)C)s5)C(=O)N5CC(C(=O)O)C5)cc4)nc3)C2)cc1. The first kappa shape index (κ1) is 35.3. The number of rotatable bonds is 12. The Morgan fingerprint density at radius 2 is 1.62 bits per heavy atom. The summed E-state index contributed by atoms with van der Waals surface area (Å²) < 4.78 is 0. The van der Waals surface area contributed by atoms with Crippen molar-refractivity contribution in [2.75, 3.05) is 31.1 Å². The highest BCUT2D eigenvalue weighted by Crippen LogP contribution is 2.32. The highest BCUT2D eigenvalue weighted by Gasteiger charge is 2.39. The Hall–Kier alpha value is -4.57. The molecule has 2 amide bonds. The first-order valence-electron chi connectivity index (χ1n) is 17.7. The smallest absolute Gasteiger partial charge is 0.310 e. The van der Waals surface area contributed by atoms with Crippen LogP contribution in [0.3, 0.4) is 0 Å². The molecular formula is C40H47N5O4S. The number of nitrogens with one attached hydrogen (secondary N) is 1. The van der Waals surface area contributed by atoms with E-state index in [1.807, 2.05) is 42.7 Å². The van der Waals surface area contributed by atoms with E-state index >= 15 is 0 Å². The summed E-state index contributed by atoms with van der Waals surface area (Å²) >= 11 is 1.42. The number of carbonyl (C=O) groups excluding carboxylic acids is 2. The molecular weight excluding hydrogens is 647 g/mol. The van der Waals surface area contributed by atoms with Crippen molar-refractivity contribution >= 4 is 34.8 Å². The molecule has 2 aliphatic heterocycles. The number of aromatic nitrogens is 2. The molecule has 1 unspecified atom stereocenters. The molecule has 262 valence electrons. The van der Waals surface area contributed by atoms with Crippen LogP contribution in [0.15, 0.2) is 73.1 Å². The molecule has 2 atom stereocenters. The lowest BCUT2D eigenvalue weighted by Gasteiger charge is -2.38. The highest BCUT2D eigenvalue weighted by molar-refractivity contribution is 7.14. The summed E-state index contributed by atoms with van der Waals surface area (Å²) in [4.78, 5) is 53.0. The van der Waals surface area contributed by atoms with E-state index in [4.69, 9.17) is 0 Å².